The molecule has 0 aliphatic carbocycles. The van der Waals surface area contributed by atoms with Gasteiger partial charge >= 0.3 is 0 Å². The van der Waals surface area contributed by atoms with Crippen LogP contribution in [0.4, 0.5) is 0 Å². The van der Waals surface area contributed by atoms with Gasteiger partial charge in [0.1, 0.15) is 0 Å². The molecule has 0 aromatic carbocycles. The summed E-state index contributed by atoms with van der Waals surface area (Å²) in [7, 11) is 0. The summed E-state index contributed by atoms with van der Waals surface area (Å²) in [5.41, 5.74) is 0. The van der Waals surface area contributed by atoms with E-state index in [1.165, 1.54) is 63.6 Å². The zero-order valence-corrected chi connectivity index (χ0v) is 14.4. The predicted molar refractivity (Wildman–Crippen MR) is 90.7 cm³/mol. The Bertz CT molecular complexity index is 266. The lowest BCUT2D eigenvalue weighted by atomic mass is 9.99. The van der Waals surface area contributed by atoms with E-state index in [9.17, 15) is 0 Å². The lowest BCUT2D eigenvalue weighted by Crippen LogP contribution is -2.57. The molecule has 0 saturated carbocycles. The third-order valence-electron chi connectivity index (χ3n) is 4.65. The molecule has 0 aromatic rings. The van der Waals surface area contributed by atoms with Gasteiger partial charge in [-0.05, 0) is 18.8 Å². The summed E-state index contributed by atoms with van der Waals surface area (Å²) in [5, 5.41) is 3.76. The summed E-state index contributed by atoms with van der Waals surface area (Å²) >= 11 is 2.11. The van der Waals surface area contributed by atoms with Gasteiger partial charge in [-0.2, -0.15) is 11.8 Å². The third kappa shape index (κ3) is 5.21. The molecule has 0 amide bonds. The molecule has 20 heavy (non-hydrogen) atoms. The van der Waals surface area contributed by atoms with E-state index < -0.39 is 0 Å². The Kier molecular flexibility index (Phi) is 7.15. The van der Waals surface area contributed by atoms with E-state index in [0.29, 0.717) is 6.04 Å². The average molecular weight is 300 g/mol. The van der Waals surface area contributed by atoms with Crippen LogP contribution < -0.4 is 5.32 Å². The second-order valence-corrected chi connectivity index (χ2v) is 7.97. The van der Waals surface area contributed by atoms with Crippen LogP contribution in [0.1, 0.15) is 33.6 Å². The molecule has 118 valence electrons. The molecule has 2 atom stereocenters. The van der Waals surface area contributed by atoms with Crippen LogP contribution in [-0.2, 0) is 0 Å². The Labute approximate surface area is 129 Å². The standard InChI is InChI=1S/C16H33N3S/c1-4-16-12-17-15(11-14(2)3)13-19(16)6-5-18-7-9-20-10-8-18/h14-17H,4-13H2,1-3H3. The van der Waals surface area contributed by atoms with Gasteiger partial charge in [0.25, 0.3) is 0 Å². The molecule has 4 heteroatoms. The van der Waals surface area contributed by atoms with Gasteiger partial charge < -0.3 is 10.2 Å². The van der Waals surface area contributed by atoms with Crippen LogP contribution >= 0.6 is 11.8 Å². The fraction of sp³-hybridized carbons (Fsp3) is 1.00. The lowest BCUT2D eigenvalue weighted by Gasteiger charge is -2.41. The summed E-state index contributed by atoms with van der Waals surface area (Å²) in [6.45, 7) is 14.6. The molecule has 0 spiro atoms. The number of hydrogen-bond donors (Lipinski definition) is 1. The number of nitrogens with zero attached hydrogens (tertiary/aromatic N) is 2. The van der Waals surface area contributed by atoms with Crippen molar-refractivity contribution in [3.63, 3.8) is 0 Å². The number of piperazine rings is 1. The summed E-state index contributed by atoms with van der Waals surface area (Å²) in [4.78, 5) is 5.41. The number of nitrogens with one attached hydrogen (secondary N) is 1. The van der Waals surface area contributed by atoms with E-state index in [1.54, 1.807) is 0 Å². The fourth-order valence-corrected chi connectivity index (χ4v) is 4.41. The Morgan fingerprint density at radius 3 is 2.60 bits per heavy atom. The first-order valence-electron chi connectivity index (χ1n) is 8.46. The predicted octanol–water partition coefficient (Wildman–Crippen LogP) is 2.13. The first-order valence-corrected chi connectivity index (χ1v) is 9.62. The molecular weight excluding hydrogens is 266 g/mol. The number of hydrogen-bond acceptors (Lipinski definition) is 4. The molecule has 2 aliphatic rings. The van der Waals surface area contributed by atoms with E-state index in [4.69, 9.17) is 0 Å². The topological polar surface area (TPSA) is 18.5 Å². The molecule has 2 saturated heterocycles. The molecule has 0 bridgehead atoms. The molecule has 0 aromatic heterocycles. The fourth-order valence-electron chi connectivity index (χ4n) is 3.43. The minimum atomic E-state index is 0.703. The van der Waals surface area contributed by atoms with E-state index in [0.717, 1.165) is 12.0 Å². The van der Waals surface area contributed by atoms with Gasteiger partial charge in [-0.3, -0.25) is 4.90 Å². The van der Waals surface area contributed by atoms with Crippen molar-refractivity contribution in [3.8, 4) is 0 Å². The van der Waals surface area contributed by atoms with Crippen molar-refractivity contribution >= 4 is 11.8 Å². The zero-order valence-electron chi connectivity index (χ0n) is 13.6. The van der Waals surface area contributed by atoms with E-state index in [1.807, 2.05) is 0 Å². The van der Waals surface area contributed by atoms with Gasteiger partial charge in [-0.15, -0.1) is 0 Å². The molecule has 0 radical (unpaired) electrons. The monoisotopic (exact) mass is 299 g/mol. The van der Waals surface area contributed by atoms with Crippen molar-refractivity contribution in [1.82, 2.24) is 15.1 Å². The molecule has 3 nitrogen and oxygen atoms in total. The summed E-state index contributed by atoms with van der Waals surface area (Å²) < 4.78 is 0. The van der Waals surface area contributed by atoms with Crippen LogP contribution in [0.3, 0.4) is 0 Å². The van der Waals surface area contributed by atoms with Crippen molar-refractivity contribution in [1.29, 1.82) is 0 Å². The Balaban J connectivity index is 1.78. The van der Waals surface area contributed by atoms with Crippen LogP contribution in [0, 0.1) is 5.92 Å². The van der Waals surface area contributed by atoms with Crippen molar-refractivity contribution < 1.29 is 0 Å². The minimum Gasteiger partial charge on any atom is -0.311 e. The Morgan fingerprint density at radius 1 is 1.20 bits per heavy atom. The van der Waals surface area contributed by atoms with Crippen molar-refractivity contribution in [2.24, 2.45) is 5.92 Å². The average Bonchev–Trinajstić information content (AvgIpc) is 2.46. The lowest BCUT2D eigenvalue weighted by molar-refractivity contribution is 0.104. The quantitative estimate of drug-likeness (QED) is 0.809. The number of rotatable bonds is 6. The second kappa shape index (κ2) is 8.62. The third-order valence-corrected chi connectivity index (χ3v) is 5.59. The van der Waals surface area contributed by atoms with Crippen molar-refractivity contribution in [2.75, 3.05) is 50.8 Å². The van der Waals surface area contributed by atoms with Crippen LogP contribution in [0.5, 0.6) is 0 Å². The van der Waals surface area contributed by atoms with Crippen LogP contribution in [0.2, 0.25) is 0 Å². The highest BCUT2D eigenvalue weighted by Crippen LogP contribution is 2.16. The smallest absolute Gasteiger partial charge is 0.0219 e. The van der Waals surface area contributed by atoms with Crippen molar-refractivity contribution in [3.05, 3.63) is 0 Å². The highest BCUT2D eigenvalue weighted by Gasteiger charge is 2.27. The normalized spacial score (nSPS) is 30.0. The van der Waals surface area contributed by atoms with Crippen molar-refractivity contribution in [2.45, 2.75) is 45.7 Å². The molecule has 2 heterocycles. The molecule has 2 fully saturated rings. The largest absolute Gasteiger partial charge is 0.311 e. The van der Waals surface area contributed by atoms with Crippen LogP contribution in [0.25, 0.3) is 0 Å². The SMILES string of the molecule is CCC1CNC(CC(C)C)CN1CCN1CCSCC1. The maximum Gasteiger partial charge on any atom is 0.0219 e. The maximum atomic E-state index is 3.76. The highest BCUT2D eigenvalue weighted by atomic mass is 32.2. The summed E-state index contributed by atoms with van der Waals surface area (Å²) in [5.74, 6) is 3.45. The van der Waals surface area contributed by atoms with Crippen LogP contribution in [-0.4, -0.2) is 72.7 Å². The van der Waals surface area contributed by atoms with Gasteiger partial charge in [0.15, 0.2) is 0 Å². The number of thioether (sulfide) groups is 1. The molecule has 2 rings (SSSR count). The van der Waals surface area contributed by atoms with Crippen LogP contribution in [0.15, 0.2) is 0 Å². The van der Waals surface area contributed by atoms with E-state index in [2.05, 4.69) is 47.6 Å². The first kappa shape index (κ1) is 16.6. The van der Waals surface area contributed by atoms with Gasteiger partial charge in [0.2, 0.25) is 0 Å². The molecular formula is C16H33N3S. The molecule has 2 aliphatic heterocycles. The van der Waals surface area contributed by atoms with Gasteiger partial charge in [0, 0.05) is 62.9 Å². The zero-order chi connectivity index (χ0) is 14.4. The Morgan fingerprint density at radius 2 is 1.95 bits per heavy atom. The van der Waals surface area contributed by atoms with Gasteiger partial charge in [-0.25, -0.2) is 0 Å². The molecule has 2 unspecified atom stereocenters. The van der Waals surface area contributed by atoms with Gasteiger partial charge in [-0.1, -0.05) is 20.8 Å². The maximum absolute atomic E-state index is 3.76. The Hall–Kier alpha value is 0.230. The highest BCUT2D eigenvalue weighted by molar-refractivity contribution is 7.99. The molecule has 1 N–H and O–H groups in total. The van der Waals surface area contributed by atoms with Gasteiger partial charge in [0.05, 0.1) is 0 Å². The van der Waals surface area contributed by atoms with E-state index >= 15 is 0 Å². The minimum absolute atomic E-state index is 0.703. The second-order valence-electron chi connectivity index (χ2n) is 6.75. The van der Waals surface area contributed by atoms with E-state index in [-0.39, 0.29) is 0 Å². The summed E-state index contributed by atoms with van der Waals surface area (Å²) in [6.07, 6.45) is 2.59. The first-order chi connectivity index (χ1) is 9.69. The summed E-state index contributed by atoms with van der Waals surface area (Å²) in [6, 6.07) is 1.45.